The number of pyridine rings is 1. The lowest BCUT2D eigenvalue weighted by molar-refractivity contribution is -0.900. The molecule has 4 atom stereocenters. The summed E-state index contributed by atoms with van der Waals surface area (Å²) in [6.45, 7) is 2.39. The van der Waals surface area contributed by atoms with Gasteiger partial charge in [-0.1, -0.05) is 32.1 Å². The molecule has 0 spiro atoms. The highest BCUT2D eigenvalue weighted by Crippen LogP contribution is 2.59. The molecule has 1 aromatic heterocycles. The second-order valence-electron chi connectivity index (χ2n) is 10.6. The molecule has 36 heavy (non-hydrogen) atoms. The van der Waals surface area contributed by atoms with Crippen LogP contribution < -0.4 is 16.8 Å². The van der Waals surface area contributed by atoms with Crippen LogP contribution in [0.2, 0.25) is 0 Å². The highest BCUT2D eigenvalue weighted by atomic mass is 35.5. The summed E-state index contributed by atoms with van der Waals surface area (Å²) in [4.78, 5) is 43.2. The van der Waals surface area contributed by atoms with E-state index in [0.29, 0.717) is 37.7 Å². The SMILES string of the molecule is Cc1nc(N)ccc1C[N+]1(C(=O)[C@@H](CC2CCCCC2)NCC(=O)O)CCC[C@@H]2C[C@@]21C(N)=O.Cl.Cl. The number of nitrogens with two attached hydrogens (primary N) is 2. The number of carbonyl (C=O) groups excluding carboxylic acids is 2. The van der Waals surface area contributed by atoms with E-state index < -0.39 is 23.5 Å². The zero-order chi connectivity index (χ0) is 24.5. The third-order valence-corrected chi connectivity index (χ3v) is 8.53. The Kier molecular flexibility index (Phi) is 10.2. The van der Waals surface area contributed by atoms with Gasteiger partial charge in [0.1, 0.15) is 18.4 Å². The molecule has 3 aliphatic rings. The number of aliphatic carboxylic acids is 1. The van der Waals surface area contributed by atoms with E-state index >= 15 is 0 Å². The van der Waals surface area contributed by atoms with Crippen molar-refractivity contribution in [3.8, 4) is 0 Å². The van der Waals surface area contributed by atoms with E-state index in [1.807, 2.05) is 13.0 Å². The van der Waals surface area contributed by atoms with Crippen LogP contribution in [-0.4, -0.2) is 57.0 Å². The van der Waals surface area contributed by atoms with Gasteiger partial charge in [-0.15, -0.1) is 24.8 Å². The van der Waals surface area contributed by atoms with Gasteiger partial charge in [-0.2, -0.15) is 0 Å². The fraction of sp³-hybridized carbons (Fsp3) is 0.680. The van der Waals surface area contributed by atoms with E-state index in [4.69, 9.17) is 11.5 Å². The molecule has 11 heteroatoms. The Morgan fingerprint density at radius 1 is 1.17 bits per heavy atom. The number of hydrogen-bond acceptors (Lipinski definition) is 6. The maximum absolute atomic E-state index is 14.5. The maximum Gasteiger partial charge on any atom is 0.331 e. The summed E-state index contributed by atoms with van der Waals surface area (Å²) >= 11 is 0. The van der Waals surface area contributed by atoms with Gasteiger partial charge in [0.15, 0.2) is 5.54 Å². The number of fused-ring (bicyclic) bond motifs is 1. The highest BCUT2D eigenvalue weighted by molar-refractivity contribution is 5.91. The molecule has 9 nitrogen and oxygen atoms in total. The average molecular weight is 546 g/mol. The molecule has 6 N–H and O–H groups in total. The third kappa shape index (κ3) is 5.64. The number of hydrogen-bond donors (Lipinski definition) is 4. The molecule has 2 aliphatic carbocycles. The molecule has 0 bridgehead atoms. The minimum absolute atomic E-state index is 0. The van der Waals surface area contributed by atoms with Crippen LogP contribution in [0.3, 0.4) is 0 Å². The van der Waals surface area contributed by atoms with Crippen LogP contribution >= 0.6 is 24.8 Å². The molecule has 2 saturated carbocycles. The van der Waals surface area contributed by atoms with E-state index in [-0.39, 0.29) is 47.7 Å². The van der Waals surface area contributed by atoms with Gasteiger partial charge in [-0.05, 0) is 44.2 Å². The monoisotopic (exact) mass is 544 g/mol. The number of nitrogen functional groups attached to an aromatic ring is 1. The Hall–Kier alpha value is -1.94. The van der Waals surface area contributed by atoms with Crippen molar-refractivity contribution in [2.24, 2.45) is 17.6 Å². The Morgan fingerprint density at radius 2 is 1.86 bits per heavy atom. The van der Waals surface area contributed by atoms with Gasteiger partial charge < -0.3 is 16.6 Å². The maximum atomic E-state index is 14.5. The van der Waals surface area contributed by atoms with Crippen molar-refractivity contribution >= 4 is 48.4 Å². The van der Waals surface area contributed by atoms with Crippen molar-refractivity contribution in [1.82, 2.24) is 10.3 Å². The number of carboxylic acids is 1. The molecule has 0 aromatic carbocycles. The zero-order valence-electron chi connectivity index (χ0n) is 20.9. The molecule has 1 saturated heterocycles. The van der Waals surface area contributed by atoms with Crippen molar-refractivity contribution in [2.45, 2.75) is 82.8 Å². The first-order valence-corrected chi connectivity index (χ1v) is 12.6. The van der Waals surface area contributed by atoms with Crippen LogP contribution in [0.1, 0.15) is 69.0 Å². The summed E-state index contributed by atoms with van der Waals surface area (Å²) in [6, 6.07) is 2.96. The smallest absolute Gasteiger partial charge is 0.331 e. The molecule has 1 aliphatic heterocycles. The van der Waals surface area contributed by atoms with E-state index in [2.05, 4.69) is 10.3 Å². The lowest BCUT2D eigenvalue weighted by Crippen LogP contribution is -2.71. The lowest BCUT2D eigenvalue weighted by atomic mass is 9.83. The predicted octanol–water partition coefficient (Wildman–Crippen LogP) is 2.71. The molecule has 2 amide bonds. The third-order valence-electron chi connectivity index (χ3n) is 8.53. The summed E-state index contributed by atoms with van der Waals surface area (Å²) < 4.78 is -0.0521. The van der Waals surface area contributed by atoms with Crippen molar-refractivity contribution < 1.29 is 24.0 Å². The number of carboxylic acid groups (broad SMARTS) is 1. The number of quaternary nitrogens is 1. The second kappa shape index (κ2) is 12.1. The van der Waals surface area contributed by atoms with E-state index in [0.717, 1.165) is 49.8 Å². The Bertz CT molecular complexity index is 974. The van der Waals surface area contributed by atoms with Crippen LogP contribution in [0.25, 0.3) is 0 Å². The van der Waals surface area contributed by atoms with Crippen molar-refractivity contribution in [1.29, 1.82) is 0 Å². The number of anilines is 1. The van der Waals surface area contributed by atoms with Crippen LogP contribution in [0.4, 0.5) is 5.82 Å². The van der Waals surface area contributed by atoms with E-state index in [1.54, 1.807) is 6.07 Å². The number of likely N-dealkylation sites (tertiary alicyclic amines) is 1. The molecule has 0 radical (unpaired) electrons. The number of amides is 2. The van der Waals surface area contributed by atoms with Gasteiger partial charge in [0.05, 0.1) is 13.1 Å². The molecule has 1 unspecified atom stereocenters. The normalized spacial score (nSPS) is 28.1. The summed E-state index contributed by atoms with van der Waals surface area (Å²) in [6.07, 6.45) is 8.45. The minimum atomic E-state index is -1.00. The van der Waals surface area contributed by atoms with Gasteiger partial charge in [-0.25, -0.2) is 14.3 Å². The quantitative estimate of drug-likeness (QED) is 0.349. The van der Waals surface area contributed by atoms with Crippen molar-refractivity contribution in [3.63, 3.8) is 0 Å². The van der Waals surface area contributed by atoms with Gasteiger partial charge in [0.25, 0.3) is 5.91 Å². The first kappa shape index (κ1) is 30.3. The van der Waals surface area contributed by atoms with Crippen LogP contribution in [0, 0.1) is 18.8 Å². The number of aromatic nitrogens is 1. The number of primary amides is 1. The number of piperidine rings is 1. The fourth-order valence-corrected chi connectivity index (χ4v) is 6.71. The summed E-state index contributed by atoms with van der Waals surface area (Å²) in [5.74, 6) is -0.678. The van der Waals surface area contributed by atoms with Crippen LogP contribution in [0.15, 0.2) is 12.1 Å². The first-order chi connectivity index (χ1) is 16.2. The summed E-state index contributed by atoms with van der Waals surface area (Å²) in [5.41, 5.74) is 12.5. The first-order valence-electron chi connectivity index (χ1n) is 12.6. The topological polar surface area (TPSA) is 148 Å². The highest BCUT2D eigenvalue weighted by Gasteiger charge is 2.76. The van der Waals surface area contributed by atoms with Crippen LogP contribution in [-0.2, 0) is 20.9 Å². The standard InChI is InChI=1S/C25H37N5O4.2ClH/c1-16-18(9-10-21(26)29-16)15-30(11-5-8-19-13-25(19,30)24(27)34)23(33)20(28-14-22(31)32)12-17-6-3-2-4-7-17;;/h9-10,17,19-20,28H,2-8,11-15H2,1H3,(H4-,26,27,29,31,32,34);2*1H/p+1/t19-,20-,25+,30?;;/m1../s1. The number of carbonyl (C=O) groups is 3. The number of nitrogens with one attached hydrogen (secondary N) is 1. The average Bonchev–Trinajstić information content (AvgIpc) is 3.56. The predicted molar refractivity (Wildman–Crippen MR) is 142 cm³/mol. The van der Waals surface area contributed by atoms with Crippen molar-refractivity contribution in [3.05, 3.63) is 23.4 Å². The zero-order valence-corrected chi connectivity index (χ0v) is 22.5. The largest absolute Gasteiger partial charge is 0.480 e. The van der Waals surface area contributed by atoms with E-state index in [9.17, 15) is 19.5 Å². The molecule has 1 aromatic rings. The molecular weight excluding hydrogens is 505 g/mol. The molecule has 2 heterocycles. The molecular formula is C25H40Cl2N5O4+. The fourth-order valence-electron chi connectivity index (χ4n) is 6.71. The summed E-state index contributed by atoms with van der Waals surface area (Å²) in [5, 5.41) is 12.4. The van der Waals surface area contributed by atoms with Gasteiger partial charge in [0, 0.05) is 23.6 Å². The van der Waals surface area contributed by atoms with Gasteiger partial charge in [-0.3, -0.25) is 14.9 Å². The molecule has 202 valence electrons. The Labute approximate surface area is 225 Å². The van der Waals surface area contributed by atoms with Crippen LogP contribution in [0.5, 0.6) is 0 Å². The number of halogens is 2. The van der Waals surface area contributed by atoms with Gasteiger partial charge >= 0.3 is 11.9 Å². The number of rotatable bonds is 9. The minimum Gasteiger partial charge on any atom is -0.480 e. The molecule has 4 rings (SSSR count). The molecule has 3 fully saturated rings. The number of nitrogens with zero attached hydrogens (tertiary/aromatic N) is 2. The second-order valence-corrected chi connectivity index (χ2v) is 10.6. The number of aryl methyl sites for hydroxylation is 1. The van der Waals surface area contributed by atoms with Gasteiger partial charge in [0.2, 0.25) is 0 Å². The summed E-state index contributed by atoms with van der Waals surface area (Å²) in [7, 11) is 0. The Morgan fingerprint density at radius 3 is 2.47 bits per heavy atom. The van der Waals surface area contributed by atoms with Crippen molar-refractivity contribution in [2.75, 3.05) is 18.8 Å². The Balaban J connectivity index is 0.00000228. The van der Waals surface area contributed by atoms with E-state index in [1.165, 1.54) is 6.42 Å². The lowest BCUT2D eigenvalue weighted by Gasteiger charge is -2.46.